The minimum absolute atomic E-state index is 0.297. The van der Waals surface area contributed by atoms with Crippen LogP contribution in [0.15, 0.2) is 34.9 Å². The molecule has 2 unspecified atom stereocenters. The van der Waals surface area contributed by atoms with Crippen LogP contribution in [0.25, 0.3) is 11.3 Å². The first-order valence-corrected chi connectivity index (χ1v) is 9.58. The monoisotopic (exact) mass is 405 g/mol. The Morgan fingerprint density at radius 3 is 2.48 bits per heavy atom. The van der Waals surface area contributed by atoms with Gasteiger partial charge in [-0.2, -0.15) is 0 Å². The van der Waals surface area contributed by atoms with Gasteiger partial charge in [0.15, 0.2) is 5.76 Å². The Bertz CT molecular complexity index is 858. The molecule has 2 aromatic rings. The average molecular weight is 405 g/mol. The van der Waals surface area contributed by atoms with Gasteiger partial charge in [-0.1, -0.05) is 29.4 Å². The van der Waals surface area contributed by atoms with Crippen molar-refractivity contribution in [1.82, 2.24) is 10.1 Å². The molecule has 158 valence electrons. The number of aromatic nitrogens is 1. The summed E-state index contributed by atoms with van der Waals surface area (Å²) in [5, 5.41) is 3.88. The Kier molecular flexibility index (Phi) is 5.69. The zero-order valence-corrected chi connectivity index (χ0v) is 17.4. The van der Waals surface area contributed by atoms with Crippen LogP contribution in [0.2, 0.25) is 0 Å². The molecule has 0 aliphatic carbocycles. The van der Waals surface area contributed by atoms with Crippen LogP contribution in [0.3, 0.4) is 0 Å². The van der Waals surface area contributed by atoms with Gasteiger partial charge in [-0.05, 0) is 40.2 Å². The third-order valence-electron chi connectivity index (χ3n) is 4.72. The maximum atomic E-state index is 14.0. The van der Waals surface area contributed by atoms with Gasteiger partial charge >= 0.3 is 6.09 Å². The number of carbonyl (C=O) groups excluding carboxylic acids is 1. The van der Waals surface area contributed by atoms with Crippen molar-refractivity contribution >= 4 is 6.09 Å². The highest BCUT2D eigenvalue weighted by molar-refractivity contribution is 5.70. The molecule has 0 radical (unpaired) electrons. The molecule has 2 N–H and O–H groups in total. The van der Waals surface area contributed by atoms with Crippen molar-refractivity contribution in [2.24, 2.45) is 5.73 Å². The zero-order valence-electron chi connectivity index (χ0n) is 17.4. The molecular weight excluding hydrogens is 377 g/mol. The molecule has 1 fully saturated rings. The number of carbonyl (C=O) groups is 1. The summed E-state index contributed by atoms with van der Waals surface area (Å²) < 4.78 is 30.9. The molecule has 0 spiro atoms. The largest absolute Gasteiger partial charge is 0.444 e. The predicted octanol–water partition coefficient (Wildman–Crippen LogP) is 4.18. The Labute approximate surface area is 169 Å². The van der Waals surface area contributed by atoms with Crippen LogP contribution in [0.1, 0.15) is 52.0 Å². The Morgan fingerprint density at radius 1 is 1.31 bits per heavy atom. The molecule has 1 aromatic heterocycles. The minimum atomic E-state index is -1.01. The molecule has 0 bridgehead atoms. The third-order valence-corrected chi connectivity index (χ3v) is 4.72. The van der Waals surface area contributed by atoms with Crippen LogP contribution in [0, 0.1) is 0 Å². The van der Waals surface area contributed by atoms with Crippen molar-refractivity contribution in [2.75, 3.05) is 6.67 Å². The van der Waals surface area contributed by atoms with E-state index >= 15 is 0 Å². The van der Waals surface area contributed by atoms with Crippen LogP contribution in [0.4, 0.5) is 9.18 Å². The minimum Gasteiger partial charge on any atom is -0.444 e. The summed E-state index contributed by atoms with van der Waals surface area (Å²) in [6.07, 6.45) is -1.22. The molecule has 29 heavy (non-hydrogen) atoms. The lowest BCUT2D eigenvalue weighted by atomic mass is 10.0. The zero-order chi connectivity index (χ0) is 21.4. The van der Waals surface area contributed by atoms with E-state index in [-0.39, 0.29) is 0 Å². The van der Waals surface area contributed by atoms with Crippen LogP contribution in [-0.4, -0.2) is 40.2 Å². The van der Waals surface area contributed by atoms with Gasteiger partial charge < -0.3 is 19.7 Å². The fourth-order valence-corrected chi connectivity index (χ4v) is 3.47. The predicted molar refractivity (Wildman–Crippen MR) is 106 cm³/mol. The highest BCUT2D eigenvalue weighted by Crippen LogP contribution is 2.42. The summed E-state index contributed by atoms with van der Waals surface area (Å²) in [5.41, 5.74) is 6.10. The maximum Gasteiger partial charge on any atom is 0.413 e. The second kappa shape index (κ2) is 7.76. The lowest BCUT2D eigenvalue weighted by Crippen LogP contribution is -2.50. The first kappa shape index (κ1) is 21.3. The number of hydrogen-bond donors (Lipinski definition) is 1. The molecule has 1 amide bonds. The standard InChI is InChI=1S/C21H28FN3O4/c1-20(2,3)28-19(26)25-16(11-22)18(27-21(25,4)5)14-8-6-13(7-9-14)17-10-15(12-23)24-29-17/h6-10,16,18H,11-12,23H2,1-5H3. The Hall–Kier alpha value is -2.45. The fraction of sp³-hybridized carbons (Fsp3) is 0.524. The van der Waals surface area contributed by atoms with Crippen LogP contribution < -0.4 is 5.73 Å². The molecule has 1 aromatic carbocycles. The third kappa shape index (κ3) is 4.43. The van der Waals surface area contributed by atoms with Crippen molar-refractivity contribution in [3.8, 4) is 11.3 Å². The van der Waals surface area contributed by atoms with Gasteiger partial charge in [0, 0.05) is 18.2 Å². The van der Waals surface area contributed by atoms with E-state index in [1.807, 2.05) is 24.3 Å². The topological polar surface area (TPSA) is 90.8 Å². The molecular formula is C21H28FN3O4. The van der Waals surface area contributed by atoms with Crippen molar-refractivity contribution in [2.45, 2.75) is 64.6 Å². The van der Waals surface area contributed by atoms with E-state index < -0.39 is 36.2 Å². The number of rotatable bonds is 4. The van der Waals surface area contributed by atoms with Crippen molar-refractivity contribution in [1.29, 1.82) is 0 Å². The number of nitrogens with zero attached hydrogens (tertiary/aromatic N) is 2. The molecule has 1 aliphatic heterocycles. The van der Waals surface area contributed by atoms with Gasteiger partial charge in [-0.15, -0.1) is 0 Å². The van der Waals surface area contributed by atoms with Gasteiger partial charge in [-0.25, -0.2) is 9.18 Å². The quantitative estimate of drug-likeness (QED) is 0.820. The van der Waals surface area contributed by atoms with Crippen LogP contribution >= 0.6 is 0 Å². The van der Waals surface area contributed by atoms with E-state index in [0.717, 1.165) is 11.1 Å². The molecule has 3 rings (SSSR count). The van der Waals surface area contributed by atoms with Gasteiger partial charge in [0.25, 0.3) is 0 Å². The number of amides is 1. The van der Waals surface area contributed by atoms with Crippen LogP contribution in [-0.2, 0) is 16.0 Å². The van der Waals surface area contributed by atoms with Gasteiger partial charge in [-0.3, -0.25) is 4.90 Å². The number of hydrogen-bond acceptors (Lipinski definition) is 6. The summed E-state index contributed by atoms with van der Waals surface area (Å²) >= 11 is 0. The molecule has 7 nitrogen and oxygen atoms in total. The lowest BCUT2D eigenvalue weighted by molar-refractivity contribution is -0.0797. The van der Waals surface area contributed by atoms with E-state index in [1.165, 1.54) is 4.90 Å². The molecule has 2 heterocycles. The maximum absolute atomic E-state index is 14.0. The molecule has 1 aliphatic rings. The number of alkyl halides is 1. The summed E-state index contributed by atoms with van der Waals surface area (Å²) in [4.78, 5) is 14.1. The summed E-state index contributed by atoms with van der Waals surface area (Å²) in [5.74, 6) is 0.599. The Morgan fingerprint density at radius 2 is 1.97 bits per heavy atom. The lowest BCUT2D eigenvalue weighted by Gasteiger charge is -2.34. The highest BCUT2D eigenvalue weighted by Gasteiger charge is 2.51. The van der Waals surface area contributed by atoms with E-state index in [4.69, 9.17) is 19.7 Å². The Balaban J connectivity index is 1.85. The first-order valence-electron chi connectivity index (χ1n) is 9.58. The normalized spacial score (nSPS) is 21.4. The summed E-state index contributed by atoms with van der Waals surface area (Å²) in [7, 11) is 0. The molecule has 0 saturated carbocycles. The number of benzene rings is 1. The average Bonchev–Trinajstić information content (AvgIpc) is 3.22. The second-order valence-electron chi connectivity index (χ2n) is 8.57. The van der Waals surface area contributed by atoms with Gasteiger partial charge in [0.2, 0.25) is 0 Å². The van der Waals surface area contributed by atoms with E-state index in [2.05, 4.69) is 5.16 Å². The van der Waals surface area contributed by atoms with Crippen molar-refractivity contribution in [3.63, 3.8) is 0 Å². The summed E-state index contributed by atoms with van der Waals surface area (Å²) in [6.45, 7) is 8.33. The fourth-order valence-electron chi connectivity index (χ4n) is 3.47. The van der Waals surface area contributed by atoms with Crippen molar-refractivity contribution in [3.05, 3.63) is 41.6 Å². The van der Waals surface area contributed by atoms with Crippen molar-refractivity contribution < 1.29 is 23.2 Å². The van der Waals surface area contributed by atoms with Gasteiger partial charge in [0.05, 0.1) is 11.7 Å². The van der Waals surface area contributed by atoms with E-state index in [9.17, 15) is 9.18 Å². The van der Waals surface area contributed by atoms with E-state index in [0.29, 0.717) is 18.0 Å². The number of ether oxygens (including phenoxy) is 2. The smallest absolute Gasteiger partial charge is 0.413 e. The second-order valence-corrected chi connectivity index (χ2v) is 8.57. The number of halogens is 1. The SMILES string of the molecule is CC(C)(C)OC(=O)N1C(CF)C(c2ccc(-c3cc(CN)no3)cc2)OC1(C)C. The van der Waals surface area contributed by atoms with E-state index in [1.54, 1.807) is 40.7 Å². The number of nitrogens with two attached hydrogens (primary N) is 1. The van der Waals surface area contributed by atoms with Crippen LogP contribution in [0.5, 0.6) is 0 Å². The van der Waals surface area contributed by atoms with Gasteiger partial charge in [0.1, 0.15) is 24.1 Å². The molecule has 8 heteroatoms. The summed E-state index contributed by atoms with van der Waals surface area (Å²) in [6, 6.07) is 8.35. The molecule has 2 atom stereocenters. The molecule has 1 saturated heterocycles. The first-order chi connectivity index (χ1) is 13.6. The highest BCUT2D eigenvalue weighted by atomic mass is 19.1.